The van der Waals surface area contributed by atoms with Gasteiger partial charge in [0.2, 0.25) is 0 Å². The fourth-order valence-corrected chi connectivity index (χ4v) is 5.15. The highest BCUT2D eigenvalue weighted by Crippen LogP contribution is 2.34. The molecule has 5 nitrogen and oxygen atoms in total. The van der Waals surface area contributed by atoms with E-state index in [4.69, 9.17) is 14.8 Å². The summed E-state index contributed by atoms with van der Waals surface area (Å²) < 4.78 is 44.7. The number of halogens is 3. The maximum atomic E-state index is 13.0. The molecule has 0 amide bonds. The molecule has 1 heterocycles. The summed E-state index contributed by atoms with van der Waals surface area (Å²) in [5.41, 5.74) is 1.25. The molecule has 3 rings (SSSR count). The molecule has 0 saturated heterocycles. The van der Waals surface area contributed by atoms with E-state index >= 15 is 0 Å². The zero-order valence-corrected chi connectivity index (χ0v) is 24.5. The number of carbonyl (C=O) groups is 2. The Balaban J connectivity index is 0.00000274. The number of aryl methyl sites for hydroxylation is 3. The van der Waals surface area contributed by atoms with E-state index in [1.54, 1.807) is 32.0 Å². The van der Waals surface area contributed by atoms with Crippen molar-refractivity contribution in [3.63, 3.8) is 0 Å². The highest BCUT2D eigenvalue weighted by molar-refractivity contribution is 7.15. The number of Topliss-reactive ketones (excluding diaryl/α,β-unsaturated/α-hetero) is 1. The minimum Gasteiger partial charge on any atom is -0.480 e. The number of rotatable bonds is 13. The van der Waals surface area contributed by atoms with Gasteiger partial charge < -0.3 is 9.84 Å². The van der Waals surface area contributed by atoms with Crippen LogP contribution in [0, 0.1) is 6.92 Å². The van der Waals surface area contributed by atoms with Crippen molar-refractivity contribution < 1.29 is 32.6 Å². The monoisotopic (exact) mass is 577 g/mol. The topological polar surface area (TPSA) is 76.5 Å². The van der Waals surface area contributed by atoms with E-state index in [0.29, 0.717) is 28.3 Å². The van der Waals surface area contributed by atoms with Crippen LogP contribution in [0.15, 0.2) is 42.5 Å². The Morgan fingerprint density at radius 1 is 1.02 bits per heavy atom. The van der Waals surface area contributed by atoms with Crippen LogP contribution in [0.4, 0.5) is 13.2 Å². The van der Waals surface area contributed by atoms with E-state index in [0.717, 1.165) is 73.8 Å². The molecule has 40 heavy (non-hydrogen) atoms. The van der Waals surface area contributed by atoms with Crippen LogP contribution < -0.4 is 4.74 Å². The molecule has 0 fully saturated rings. The lowest BCUT2D eigenvalue weighted by atomic mass is 10.0. The zero-order chi connectivity index (χ0) is 29.9. The molecule has 0 atom stereocenters. The largest absolute Gasteiger partial charge is 0.480 e. The van der Waals surface area contributed by atoms with Crippen molar-refractivity contribution in [3.05, 3.63) is 69.7 Å². The second-order valence-electron chi connectivity index (χ2n) is 10.0. The van der Waals surface area contributed by atoms with Crippen LogP contribution in [-0.2, 0) is 23.8 Å². The average Bonchev–Trinajstić information content (AvgIpc) is 3.34. The number of carbonyl (C=O) groups excluding carboxylic acids is 2. The third kappa shape index (κ3) is 9.55. The Kier molecular flexibility index (Phi) is 12.5. The molecule has 9 heteroatoms. The van der Waals surface area contributed by atoms with Crippen molar-refractivity contribution >= 4 is 23.4 Å². The fourth-order valence-electron chi connectivity index (χ4n) is 4.03. The number of aliphatic hydroxyl groups is 1. The van der Waals surface area contributed by atoms with Crippen molar-refractivity contribution in [1.29, 1.82) is 0 Å². The number of unbranched alkanes of at least 4 members (excludes halogenated alkanes) is 3. The van der Waals surface area contributed by atoms with Crippen molar-refractivity contribution in [1.82, 2.24) is 4.98 Å². The minimum atomic E-state index is -4.38. The van der Waals surface area contributed by atoms with Gasteiger partial charge in [-0.1, -0.05) is 38.3 Å². The first kappa shape index (κ1) is 33.2. The van der Waals surface area contributed by atoms with Gasteiger partial charge in [-0.2, -0.15) is 13.2 Å². The lowest BCUT2D eigenvalue weighted by Gasteiger charge is -2.21. The maximum absolute atomic E-state index is 13.0. The molecular weight excluding hydrogens is 539 g/mol. The molecule has 0 aliphatic rings. The Bertz CT molecular complexity index is 1250. The second kappa shape index (κ2) is 15.1. The first-order valence-electron chi connectivity index (χ1n) is 13.3. The van der Waals surface area contributed by atoms with Crippen LogP contribution in [-0.4, -0.2) is 34.9 Å². The Morgan fingerprint density at radius 3 is 2.27 bits per heavy atom. The molecule has 0 radical (unpaired) electrons. The highest BCUT2D eigenvalue weighted by Gasteiger charge is 2.30. The summed E-state index contributed by atoms with van der Waals surface area (Å²) in [6.45, 7) is 7.33. The number of aldehydes is 1. The zero-order valence-electron chi connectivity index (χ0n) is 23.7. The normalized spacial score (nSPS) is 11.5. The van der Waals surface area contributed by atoms with Crippen LogP contribution in [0.3, 0.4) is 0 Å². The van der Waals surface area contributed by atoms with Crippen LogP contribution >= 0.6 is 11.3 Å². The van der Waals surface area contributed by atoms with Crippen LogP contribution in [0.2, 0.25) is 0 Å². The number of thiazole rings is 1. The fraction of sp³-hybridized carbons (Fsp3) is 0.452. The van der Waals surface area contributed by atoms with Crippen molar-refractivity contribution in [2.45, 2.75) is 84.4 Å². The number of aromatic nitrogens is 1. The smallest absolute Gasteiger partial charge is 0.416 e. The van der Waals surface area contributed by atoms with Crippen LogP contribution in [0.1, 0.15) is 84.9 Å². The van der Waals surface area contributed by atoms with Gasteiger partial charge in [-0.15, -0.1) is 11.3 Å². The Labute approximate surface area is 238 Å². The van der Waals surface area contributed by atoms with Crippen LogP contribution in [0.25, 0.3) is 10.6 Å². The number of benzene rings is 2. The molecule has 0 bridgehead atoms. The molecule has 2 aromatic carbocycles. The summed E-state index contributed by atoms with van der Waals surface area (Å²) in [4.78, 5) is 30.0. The molecule has 218 valence electrons. The molecular formula is C31H38F3NO4S. The second-order valence-corrected chi connectivity index (χ2v) is 11.1. The summed E-state index contributed by atoms with van der Waals surface area (Å²) in [5, 5.41) is 7.67. The first-order chi connectivity index (χ1) is 18.9. The van der Waals surface area contributed by atoms with Crippen molar-refractivity contribution in [2.24, 2.45) is 0 Å². The summed E-state index contributed by atoms with van der Waals surface area (Å²) in [6, 6.07) is 10.2. The summed E-state index contributed by atoms with van der Waals surface area (Å²) in [7, 11) is 1.00. The number of nitrogens with zero attached hydrogens (tertiary/aromatic N) is 1. The molecule has 0 aliphatic carbocycles. The van der Waals surface area contributed by atoms with Gasteiger partial charge >= 0.3 is 6.18 Å². The molecule has 0 spiro atoms. The summed E-state index contributed by atoms with van der Waals surface area (Å²) in [6.07, 6.45) is 2.23. The van der Waals surface area contributed by atoms with E-state index in [9.17, 15) is 22.8 Å². The van der Waals surface area contributed by atoms with E-state index < -0.39 is 17.3 Å². The predicted molar refractivity (Wildman–Crippen MR) is 153 cm³/mol. The van der Waals surface area contributed by atoms with Gasteiger partial charge in [0.25, 0.3) is 0 Å². The van der Waals surface area contributed by atoms with E-state index in [1.165, 1.54) is 23.5 Å². The number of aliphatic hydroxyl groups excluding tert-OH is 1. The average molecular weight is 578 g/mol. The molecule has 1 aromatic heterocycles. The molecule has 3 aromatic rings. The molecule has 0 aliphatic heterocycles. The number of hydrogen-bond acceptors (Lipinski definition) is 6. The highest BCUT2D eigenvalue weighted by atomic mass is 32.1. The lowest BCUT2D eigenvalue weighted by Crippen LogP contribution is -2.30. The number of alkyl halides is 3. The standard InChI is InChI=1S/C30H34F3NO3S.CH4O/c1-5-6-7-8-9-24-27(38-28(34-24)21-10-13-23(14-11-21)30(31,32)33)17-15-25(36)22-12-16-26(20(2)18-22)37-29(3,4)19-35;1-2/h10-14,16,18-19H,5-9,15,17H2,1-4H3;2H,1H3. The van der Waals surface area contributed by atoms with Gasteiger partial charge in [0.15, 0.2) is 17.7 Å². The quantitative estimate of drug-likeness (QED) is 0.126. The van der Waals surface area contributed by atoms with Gasteiger partial charge in [0, 0.05) is 29.5 Å². The summed E-state index contributed by atoms with van der Waals surface area (Å²) >= 11 is 1.44. The Morgan fingerprint density at radius 2 is 1.70 bits per heavy atom. The lowest BCUT2D eigenvalue weighted by molar-refractivity contribution is -0.137. The van der Waals surface area contributed by atoms with Crippen molar-refractivity contribution in [3.8, 4) is 16.3 Å². The van der Waals surface area contributed by atoms with Gasteiger partial charge in [0.1, 0.15) is 10.8 Å². The molecule has 0 unspecified atom stereocenters. The first-order valence-corrected chi connectivity index (χ1v) is 14.2. The Hall–Kier alpha value is -3.04. The molecule has 1 N–H and O–H groups in total. The SMILES string of the molecule is CCCCCCc1nc(-c2ccc(C(F)(F)F)cc2)sc1CCC(=O)c1ccc(OC(C)(C)C=O)c(C)c1.CO. The van der Waals surface area contributed by atoms with Gasteiger partial charge in [-0.25, -0.2) is 4.98 Å². The number of ether oxygens (including phenoxy) is 1. The summed E-state index contributed by atoms with van der Waals surface area (Å²) in [5.74, 6) is 0.535. The van der Waals surface area contributed by atoms with Crippen molar-refractivity contribution in [2.75, 3.05) is 7.11 Å². The van der Waals surface area contributed by atoms with Gasteiger partial charge in [0.05, 0.1) is 11.3 Å². The van der Waals surface area contributed by atoms with Gasteiger partial charge in [-0.05, 0) is 75.9 Å². The minimum absolute atomic E-state index is 0.0179. The van der Waals surface area contributed by atoms with Gasteiger partial charge in [-0.3, -0.25) is 9.59 Å². The van der Waals surface area contributed by atoms with E-state index in [2.05, 4.69) is 6.92 Å². The maximum Gasteiger partial charge on any atom is 0.416 e. The van der Waals surface area contributed by atoms with E-state index in [1.807, 2.05) is 6.92 Å². The number of hydrogen-bond donors (Lipinski definition) is 1. The van der Waals surface area contributed by atoms with E-state index in [-0.39, 0.29) is 12.2 Å². The predicted octanol–water partition coefficient (Wildman–Crippen LogP) is 8.04. The van der Waals surface area contributed by atoms with Crippen LogP contribution in [0.5, 0.6) is 5.75 Å². The number of ketones is 1. The third-order valence-corrected chi connectivity index (χ3v) is 7.44. The third-order valence-electron chi connectivity index (χ3n) is 6.24. The molecule has 0 saturated carbocycles.